The summed E-state index contributed by atoms with van der Waals surface area (Å²) < 4.78 is 35.5. The van der Waals surface area contributed by atoms with Crippen LogP contribution in [0.4, 0.5) is 13.2 Å². The van der Waals surface area contributed by atoms with Gasteiger partial charge < -0.3 is 10.4 Å². The fourth-order valence-corrected chi connectivity index (χ4v) is 1.90. The number of halogens is 3. The minimum absolute atomic E-state index is 0.0562. The lowest BCUT2D eigenvalue weighted by molar-refractivity contribution is -0.136. The Hall–Kier alpha value is -1.70. The number of aromatic carboxylic acids is 1. The van der Waals surface area contributed by atoms with Crippen molar-refractivity contribution in [2.75, 3.05) is 12.3 Å². The minimum atomic E-state index is -4.44. The zero-order chi connectivity index (χ0) is 14.5. The van der Waals surface area contributed by atoms with Crippen LogP contribution in [0.5, 0.6) is 0 Å². The molecule has 0 aliphatic rings. The van der Waals surface area contributed by atoms with Gasteiger partial charge in [0.2, 0.25) is 5.91 Å². The van der Waals surface area contributed by atoms with E-state index >= 15 is 0 Å². The number of thioether (sulfide) groups is 1. The van der Waals surface area contributed by atoms with Gasteiger partial charge in [0.05, 0.1) is 11.3 Å². The second kappa shape index (κ2) is 6.46. The lowest BCUT2D eigenvalue weighted by atomic mass is 10.2. The number of benzene rings is 1. The Labute approximate surface area is 111 Å². The molecule has 4 nitrogen and oxygen atoms in total. The van der Waals surface area contributed by atoms with E-state index in [4.69, 9.17) is 5.11 Å². The number of carboxylic acid groups (broad SMARTS) is 1. The molecule has 0 aromatic heterocycles. The van der Waals surface area contributed by atoms with Crippen LogP contribution in [0.2, 0.25) is 0 Å². The molecule has 104 valence electrons. The summed E-state index contributed by atoms with van der Waals surface area (Å²) in [4.78, 5) is 22.3. The first-order valence-corrected chi connectivity index (χ1v) is 6.06. The Morgan fingerprint density at radius 3 is 2.58 bits per heavy atom. The van der Waals surface area contributed by atoms with E-state index in [1.165, 1.54) is 18.2 Å². The van der Waals surface area contributed by atoms with Crippen molar-refractivity contribution in [1.82, 2.24) is 5.32 Å². The molecular formula is C11H10F3NO3S. The van der Waals surface area contributed by atoms with Gasteiger partial charge in [0.15, 0.2) is 0 Å². The normalized spacial score (nSPS) is 11.1. The molecule has 1 amide bonds. The van der Waals surface area contributed by atoms with E-state index in [1.807, 2.05) is 0 Å². The fourth-order valence-electron chi connectivity index (χ4n) is 1.12. The van der Waals surface area contributed by atoms with Gasteiger partial charge in [0.25, 0.3) is 0 Å². The van der Waals surface area contributed by atoms with Crippen molar-refractivity contribution in [2.45, 2.75) is 11.1 Å². The molecule has 0 heterocycles. The third-order valence-electron chi connectivity index (χ3n) is 1.94. The van der Waals surface area contributed by atoms with Crippen LogP contribution in [0, 0.1) is 0 Å². The predicted molar refractivity (Wildman–Crippen MR) is 63.2 cm³/mol. The maximum atomic E-state index is 11.8. The highest BCUT2D eigenvalue weighted by Gasteiger charge is 2.27. The van der Waals surface area contributed by atoms with E-state index in [-0.39, 0.29) is 11.3 Å². The van der Waals surface area contributed by atoms with E-state index in [0.29, 0.717) is 4.90 Å². The molecule has 1 aromatic carbocycles. The molecule has 2 N–H and O–H groups in total. The Balaban J connectivity index is 2.46. The molecule has 0 unspecified atom stereocenters. The van der Waals surface area contributed by atoms with Gasteiger partial charge in [-0.2, -0.15) is 13.2 Å². The average molecular weight is 293 g/mol. The summed E-state index contributed by atoms with van der Waals surface area (Å²) in [6.07, 6.45) is -4.44. The molecule has 19 heavy (non-hydrogen) atoms. The second-order valence-electron chi connectivity index (χ2n) is 3.51. The van der Waals surface area contributed by atoms with E-state index in [1.54, 1.807) is 11.4 Å². The minimum Gasteiger partial charge on any atom is -0.478 e. The van der Waals surface area contributed by atoms with Crippen LogP contribution >= 0.6 is 11.8 Å². The average Bonchev–Trinajstić information content (AvgIpc) is 2.33. The maximum Gasteiger partial charge on any atom is 0.405 e. The number of nitrogens with one attached hydrogen (secondary N) is 1. The first kappa shape index (κ1) is 15.4. The van der Waals surface area contributed by atoms with Gasteiger partial charge in [0.1, 0.15) is 6.54 Å². The lowest BCUT2D eigenvalue weighted by Crippen LogP contribution is -2.34. The number of rotatable bonds is 5. The van der Waals surface area contributed by atoms with Crippen LogP contribution < -0.4 is 5.32 Å². The van der Waals surface area contributed by atoms with Crippen LogP contribution in [0.25, 0.3) is 0 Å². The van der Waals surface area contributed by atoms with Gasteiger partial charge in [-0.3, -0.25) is 4.79 Å². The summed E-state index contributed by atoms with van der Waals surface area (Å²) in [6, 6.07) is 5.81. The molecule has 0 radical (unpaired) electrons. The Morgan fingerprint density at radius 1 is 1.32 bits per heavy atom. The zero-order valence-electron chi connectivity index (χ0n) is 9.53. The SMILES string of the molecule is O=C(CSc1cccc(C(=O)O)c1)NCC(F)(F)F. The zero-order valence-corrected chi connectivity index (χ0v) is 10.3. The fraction of sp³-hybridized carbons (Fsp3) is 0.273. The Bertz CT molecular complexity index is 476. The third-order valence-corrected chi connectivity index (χ3v) is 2.93. The Morgan fingerprint density at radius 2 is 2.00 bits per heavy atom. The summed E-state index contributed by atoms with van der Waals surface area (Å²) in [7, 11) is 0. The number of carbonyl (C=O) groups is 2. The first-order valence-electron chi connectivity index (χ1n) is 5.07. The largest absolute Gasteiger partial charge is 0.478 e. The van der Waals surface area contributed by atoms with Crippen LogP contribution in [-0.4, -0.2) is 35.5 Å². The molecule has 0 spiro atoms. The van der Waals surface area contributed by atoms with Crippen molar-refractivity contribution in [3.8, 4) is 0 Å². The van der Waals surface area contributed by atoms with E-state index in [0.717, 1.165) is 11.8 Å². The standard InChI is InChI=1S/C11H10F3NO3S/c12-11(13,14)6-15-9(16)5-19-8-3-1-2-7(4-8)10(17)18/h1-4H,5-6H2,(H,15,16)(H,17,18). The molecule has 0 fully saturated rings. The number of carbonyl (C=O) groups excluding carboxylic acids is 1. The predicted octanol–water partition coefficient (Wildman–Crippen LogP) is 2.16. The molecule has 0 atom stereocenters. The molecular weight excluding hydrogens is 283 g/mol. The second-order valence-corrected chi connectivity index (χ2v) is 4.56. The summed E-state index contributed by atoms with van der Waals surface area (Å²) in [5.74, 6) is -2.08. The highest BCUT2D eigenvalue weighted by atomic mass is 32.2. The highest BCUT2D eigenvalue weighted by Crippen LogP contribution is 2.19. The van der Waals surface area contributed by atoms with Gasteiger partial charge in [-0.15, -0.1) is 11.8 Å². The van der Waals surface area contributed by atoms with E-state index < -0.39 is 24.6 Å². The number of hydrogen-bond donors (Lipinski definition) is 2. The van der Waals surface area contributed by atoms with Crippen molar-refractivity contribution >= 4 is 23.6 Å². The number of hydrogen-bond acceptors (Lipinski definition) is 3. The molecule has 1 aromatic rings. The molecule has 0 aliphatic heterocycles. The number of carboxylic acids is 1. The molecule has 0 aliphatic carbocycles. The van der Waals surface area contributed by atoms with Crippen LogP contribution in [0.15, 0.2) is 29.2 Å². The summed E-state index contributed by atoms with van der Waals surface area (Å²) in [6.45, 7) is -1.37. The van der Waals surface area contributed by atoms with E-state index in [2.05, 4.69) is 0 Å². The molecule has 0 saturated carbocycles. The molecule has 0 saturated heterocycles. The molecule has 1 rings (SSSR count). The topological polar surface area (TPSA) is 66.4 Å². The van der Waals surface area contributed by atoms with Gasteiger partial charge >= 0.3 is 12.1 Å². The van der Waals surface area contributed by atoms with Gasteiger partial charge in [-0.05, 0) is 18.2 Å². The Kier molecular flexibility index (Phi) is 5.22. The third kappa shape index (κ3) is 6.14. The van der Waals surface area contributed by atoms with Gasteiger partial charge in [-0.25, -0.2) is 4.79 Å². The van der Waals surface area contributed by atoms with Crippen LogP contribution in [-0.2, 0) is 4.79 Å². The summed E-state index contributed by atoms with van der Waals surface area (Å²) >= 11 is 0.968. The first-order chi connectivity index (χ1) is 8.78. The van der Waals surface area contributed by atoms with Crippen molar-refractivity contribution in [3.63, 3.8) is 0 Å². The van der Waals surface area contributed by atoms with E-state index in [9.17, 15) is 22.8 Å². The molecule has 0 bridgehead atoms. The highest BCUT2D eigenvalue weighted by molar-refractivity contribution is 8.00. The van der Waals surface area contributed by atoms with Gasteiger partial charge in [-0.1, -0.05) is 6.07 Å². The molecule has 8 heteroatoms. The smallest absolute Gasteiger partial charge is 0.405 e. The number of amides is 1. The summed E-state index contributed by atoms with van der Waals surface area (Å²) in [5.41, 5.74) is 0.0562. The van der Waals surface area contributed by atoms with Gasteiger partial charge in [0, 0.05) is 4.90 Å². The summed E-state index contributed by atoms with van der Waals surface area (Å²) in [5, 5.41) is 10.5. The van der Waals surface area contributed by atoms with Crippen molar-refractivity contribution in [2.24, 2.45) is 0 Å². The van der Waals surface area contributed by atoms with Crippen LogP contribution in [0.1, 0.15) is 10.4 Å². The maximum absolute atomic E-state index is 11.8. The monoisotopic (exact) mass is 293 g/mol. The van der Waals surface area contributed by atoms with Crippen LogP contribution in [0.3, 0.4) is 0 Å². The lowest BCUT2D eigenvalue weighted by Gasteiger charge is -2.08. The number of alkyl halides is 3. The van der Waals surface area contributed by atoms with Crippen molar-refractivity contribution in [1.29, 1.82) is 0 Å². The van der Waals surface area contributed by atoms with Crippen molar-refractivity contribution < 1.29 is 27.9 Å². The quantitative estimate of drug-likeness (QED) is 0.816. The van der Waals surface area contributed by atoms with Crippen molar-refractivity contribution in [3.05, 3.63) is 29.8 Å².